The molecule has 0 spiro atoms. The van der Waals surface area contributed by atoms with E-state index in [1.165, 1.54) is 0 Å². The zero-order valence-electron chi connectivity index (χ0n) is 28.5. The Hall–Kier alpha value is -1.56. The summed E-state index contributed by atoms with van der Waals surface area (Å²) in [4.78, 5) is 22.7. The van der Waals surface area contributed by atoms with E-state index in [0.29, 0.717) is 52.7 Å². The summed E-state index contributed by atoms with van der Waals surface area (Å²) in [6, 6.07) is 0. The molecule has 0 aromatic heterocycles. The Labute approximate surface area is 257 Å². The molecule has 0 aromatic carbocycles. The van der Waals surface area contributed by atoms with E-state index in [4.69, 9.17) is 19.3 Å². The predicted molar refractivity (Wildman–Crippen MR) is 180 cm³/mol. The minimum absolute atomic E-state index is 0.0249. The number of aliphatic imine (C=N–C) groups is 4. The van der Waals surface area contributed by atoms with Crippen molar-refractivity contribution >= 4 is 24.9 Å². The van der Waals surface area contributed by atoms with Crippen molar-refractivity contribution in [1.29, 1.82) is 0 Å². The van der Waals surface area contributed by atoms with Gasteiger partial charge in [0.05, 0.1) is 65.8 Å². The van der Waals surface area contributed by atoms with Gasteiger partial charge in [-0.25, -0.2) is 0 Å². The van der Waals surface area contributed by atoms with Crippen LogP contribution in [-0.2, 0) is 14.2 Å². The second-order valence-corrected chi connectivity index (χ2v) is 13.4. The van der Waals surface area contributed by atoms with Crippen LogP contribution in [0.1, 0.15) is 68.7 Å². The molecule has 0 amide bonds. The number of hydrogen-bond donors (Lipinski definition) is 1. The molecule has 0 radical (unpaired) electrons. The van der Waals surface area contributed by atoms with Crippen LogP contribution in [-0.4, -0.2) is 149 Å². The number of nitrogens with zero attached hydrogens (tertiary/aromatic N) is 6. The largest absolute Gasteiger partial charge is 0.394 e. The molecule has 10 nitrogen and oxygen atoms in total. The van der Waals surface area contributed by atoms with Gasteiger partial charge in [-0.15, -0.1) is 0 Å². The number of rotatable bonds is 24. The van der Waals surface area contributed by atoms with Gasteiger partial charge in [-0.2, -0.15) is 0 Å². The molecule has 1 N–H and O–H groups in total. The van der Waals surface area contributed by atoms with Crippen LogP contribution in [0.4, 0.5) is 0 Å². The normalized spacial score (nSPS) is 13.9. The molecular formula is C32H64N6O4. The standard InChI is InChI=1S/C32H64N6O4/c1-30(2,3)10-24-40-25-15-33-11-19-37(21-13-35-18-28-42-29-23-39)20-12-34-16-26-41-27-17-36-14-22-38(31(4,5)6)32(7,8)9/h15-18,39H,10-14,19-29H2,1-9H3. The molecule has 0 aliphatic carbocycles. The molecule has 0 aliphatic rings. The lowest BCUT2D eigenvalue weighted by atomic mass is 9.93. The van der Waals surface area contributed by atoms with E-state index < -0.39 is 0 Å². The Morgan fingerprint density at radius 3 is 1.31 bits per heavy atom. The van der Waals surface area contributed by atoms with Crippen LogP contribution in [0.2, 0.25) is 0 Å². The summed E-state index contributed by atoms with van der Waals surface area (Å²) in [5.74, 6) is 0. The Kier molecular flexibility index (Phi) is 23.0. The molecule has 0 bridgehead atoms. The first-order valence-corrected chi connectivity index (χ1v) is 15.5. The fourth-order valence-corrected chi connectivity index (χ4v) is 4.23. The van der Waals surface area contributed by atoms with Crippen molar-refractivity contribution in [3.05, 3.63) is 0 Å². The third-order valence-electron chi connectivity index (χ3n) is 6.23. The van der Waals surface area contributed by atoms with Gasteiger partial charge >= 0.3 is 0 Å². The van der Waals surface area contributed by atoms with Crippen LogP contribution in [0.3, 0.4) is 0 Å². The van der Waals surface area contributed by atoms with E-state index in [1.807, 2.05) is 18.6 Å². The van der Waals surface area contributed by atoms with E-state index >= 15 is 0 Å². The predicted octanol–water partition coefficient (Wildman–Crippen LogP) is 3.95. The lowest BCUT2D eigenvalue weighted by molar-refractivity contribution is 0.0421. The molecule has 42 heavy (non-hydrogen) atoms. The highest BCUT2D eigenvalue weighted by atomic mass is 16.5. The third kappa shape index (κ3) is 26.1. The van der Waals surface area contributed by atoms with Gasteiger partial charge < -0.3 is 19.3 Å². The lowest BCUT2D eigenvalue weighted by Crippen LogP contribution is -2.53. The molecular weight excluding hydrogens is 532 g/mol. The SMILES string of the molecule is CC(C)(C)CCOCC=NCCN(CCN=CCOCC=NCCN(C(C)(C)C)C(C)(C)C)CCN=CCOCCO. The number of hydrogen-bond acceptors (Lipinski definition) is 10. The van der Waals surface area contributed by atoms with Crippen molar-refractivity contribution in [3.8, 4) is 0 Å². The van der Waals surface area contributed by atoms with E-state index in [2.05, 4.69) is 92.1 Å². The van der Waals surface area contributed by atoms with Crippen molar-refractivity contribution in [2.75, 3.05) is 98.6 Å². The van der Waals surface area contributed by atoms with Gasteiger partial charge in [0.2, 0.25) is 0 Å². The maximum atomic E-state index is 8.77. The molecule has 0 fully saturated rings. The van der Waals surface area contributed by atoms with Gasteiger partial charge in [0.15, 0.2) is 0 Å². The Morgan fingerprint density at radius 2 is 0.929 bits per heavy atom. The number of aliphatic hydroxyl groups excluding tert-OH is 1. The summed E-state index contributed by atoms with van der Waals surface area (Å²) in [5, 5.41) is 8.77. The molecule has 0 rings (SSSR count). The molecule has 0 saturated heterocycles. The fraction of sp³-hybridized carbons (Fsp3) is 0.875. The first-order chi connectivity index (χ1) is 19.8. The Bertz CT molecular complexity index is 738. The molecule has 0 heterocycles. The first kappa shape index (κ1) is 40.4. The minimum Gasteiger partial charge on any atom is -0.394 e. The average molecular weight is 597 g/mol. The van der Waals surface area contributed by atoms with Crippen molar-refractivity contribution in [2.24, 2.45) is 25.4 Å². The maximum Gasteiger partial charge on any atom is 0.0819 e. The lowest BCUT2D eigenvalue weighted by Gasteiger charge is -2.45. The minimum atomic E-state index is 0.0249. The second kappa shape index (κ2) is 23.8. The van der Waals surface area contributed by atoms with Crippen LogP contribution < -0.4 is 0 Å². The molecule has 10 heteroatoms. The van der Waals surface area contributed by atoms with Gasteiger partial charge in [-0.05, 0) is 53.4 Å². The van der Waals surface area contributed by atoms with Gasteiger partial charge in [-0.1, -0.05) is 20.8 Å². The summed E-state index contributed by atoms with van der Waals surface area (Å²) in [5.41, 5.74) is 0.495. The Balaban J connectivity index is 4.35. The van der Waals surface area contributed by atoms with Crippen molar-refractivity contribution < 1.29 is 19.3 Å². The summed E-state index contributed by atoms with van der Waals surface area (Å²) in [6.45, 7) is 29.4. The first-order valence-electron chi connectivity index (χ1n) is 15.5. The van der Waals surface area contributed by atoms with Crippen LogP contribution in [0.15, 0.2) is 20.0 Å². The summed E-state index contributed by atoms with van der Waals surface area (Å²) in [7, 11) is 0. The van der Waals surface area contributed by atoms with Crippen molar-refractivity contribution in [2.45, 2.75) is 79.8 Å². The summed E-state index contributed by atoms with van der Waals surface area (Å²) < 4.78 is 16.5. The van der Waals surface area contributed by atoms with Crippen LogP contribution in [0, 0.1) is 5.41 Å². The summed E-state index contributed by atoms with van der Waals surface area (Å²) in [6.07, 6.45) is 8.33. The van der Waals surface area contributed by atoms with E-state index in [1.54, 1.807) is 6.21 Å². The van der Waals surface area contributed by atoms with E-state index in [0.717, 1.165) is 45.8 Å². The average Bonchev–Trinajstić information content (AvgIpc) is 2.87. The molecule has 0 unspecified atom stereocenters. The summed E-state index contributed by atoms with van der Waals surface area (Å²) >= 11 is 0. The molecule has 0 atom stereocenters. The highest BCUT2D eigenvalue weighted by molar-refractivity contribution is 5.61. The zero-order chi connectivity index (χ0) is 31.7. The van der Waals surface area contributed by atoms with Gasteiger partial charge in [0.1, 0.15) is 0 Å². The number of aliphatic hydroxyl groups is 1. The van der Waals surface area contributed by atoms with Crippen molar-refractivity contribution in [3.63, 3.8) is 0 Å². The monoisotopic (exact) mass is 596 g/mol. The van der Waals surface area contributed by atoms with Gasteiger partial charge in [0, 0.05) is 68.7 Å². The quantitative estimate of drug-likeness (QED) is 0.134. The smallest absolute Gasteiger partial charge is 0.0819 e. The highest BCUT2D eigenvalue weighted by Gasteiger charge is 2.30. The van der Waals surface area contributed by atoms with Crippen LogP contribution in [0.5, 0.6) is 0 Å². The molecule has 0 aromatic rings. The molecule has 246 valence electrons. The highest BCUT2D eigenvalue weighted by Crippen LogP contribution is 2.24. The topological polar surface area (TPSA) is 104 Å². The van der Waals surface area contributed by atoms with Gasteiger partial charge in [0.25, 0.3) is 0 Å². The van der Waals surface area contributed by atoms with Crippen LogP contribution in [0.25, 0.3) is 0 Å². The zero-order valence-corrected chi connectivity index (χ0v) is 28.5. The molecule has 0 aliphatic heterocycles. The Morgan fingerprint density at radius 1 is 0.548 bits per heavy atom. The fourth-order valence-electron chi connectivity index (χ4n) is 4.23. The van der Waals surface area contributed by atoms with Crippen molar-refractivity contribution in [1.82, 2.24) is 9.80 Å². The maximum absolute atomic E-state index is 8.77. The third-order valence-corrected chi connectivity index (χ3v) is 6.23. The molecule has 0 saturated carbocycles. The van der Waals surface area contributed by atoms with E-state index in [9.17, 15) is 0 Å². The van der Waals surface area contributed by atoms with Gasteiger partial charge in [-0.3, -0.25) is 29.8 Å². The second-order valence-electron chi connectivity index (χ2n) is 13.4. The number of ether oxygens (including phenoxy) is 3. The van der Waals surface area contributed by atoms with Crippen LogP contribution >= 0.6 is 0 Å². The van der Waals surface area contributed by atoms with E-state index in [-0.39, 0.29) is 23.1 Å².